The van der Waals surface area contributed by atoms with Crippen LogP contribution in [-0.2, 0) is 7.05 Å². The summed E-state index contributed by atoms with van der Waals surface area (Å²) in [6, 6.07) is 3.83. The molecule has 1 heterocycles. The van der Waals surface area contributed by atoms with Gasteiger partial charge in [0.2, 0.25) is 0 Å². The number of carbonyl (C=O) groups excluding carboxylic acids is 1. The molecule has 9 heteroatoms. The minimum atomic E-state index is -0.559. The van der Waals surface area contributed by atoms with Crippen molar-refractivity contribution in [2.75, 3.05) is 5.32 Å². The van der Waals surface area contributed by atoms with E-state index in [4.69, 9.17) is 11.6 Å². The van der Waals surface area contributed by atoms with Crippen LogP contribution in [0.4, 0.5) is 11.4 Å². The first kappa shape index (κ1) is 14.7. The van der Waals surface area contributed by atoms with Gasteiger partial charge in [0.25, 0.3) is 11.6 Å². The highest BCUT2D eigenvalue weighted by atomic mass is 127. The van der Waals surface area contributed by atoms with Gasteiger partial charge in [-0.05, 0) is 28.7 Å². The lowest BCUT2D eigenvalue weighted by molar-refractivity contribution is -0.384. The number of nitro groups is 1. The fraction of sp³-hybridized carbons (Fsp3) is 0.0909. The van der Waals surface area contributed by atoms with Crippen molar-refractivity contribution in [2.45, 2.75) is 0 Å². The molecule has 0 aliphatic rings. The van der Waals surface area contributed by atoms with E-state index in [1.807, 2.05) is 22.6 Å². The Morgan fingerprint density at radius 2 is 2.25 bits per heavy atom. The number of hydrogen-bond acceptors (Lipinski definition) is 4. The van der Waals surface area contributed by atoms with Gasteiger partial charge in [-0.25, -0.2) is 0 Å². The number of carbonyl (C=O) groups is 1. The van der Waals surface area contributed by atoms with E-state index in [0.717, 1.165) is 0 Å². The minimum Gasteiger partial charge on any atom is -0.319 e. The maximum Gasteiger partial charge on any atom is 0.277 e. The third kappa shape index (κ3) is 3.07. The molecule has 0 saturated carbocycles. The van der Waals surface area contributed by atoms with Crippen LogP contribution in [0, 0.1) is 13.7 Å². The number of hydrogen-bond donors (Lipinski definition) is 1. The quantitative estimate of drug-likeness (QED) is 0.482. The van der Waals surface area contributed by atoms with Gasteiger partial charge in [0.15, 0.2) is 5.69 Å². The molecule has 2 aromatic rings. The molecule has 0 saturated heterocycles. The normalized spacial score (nSPS) is 10.3. The largest absolute Gasteiger partial charge is 0.319 e. The molecule has 104 valence electrons. The molecule has 0 atom stereocenters. The summed E-state index contributed by atoms with van der Waals surface area (Å²) in [4.78, 5) is 22.2. The molecule has 0 radical (unpaired) electrons. The Hall–Kier alpha value is -1.68. The molecule has 0 bridgehead atoms. The Kier molecular flexibility index (Phi) is 4.23. The summed E-state index contributed by atoms with van der Waals surface area (Å²) in [6.45, 7) is 0. The van der Waals surface area contributed by atoms with Crippen molar-refractivity contribution >= 4 is 51.5 Å². The van der Waals surface area contributed by atoms with Crippen LogP contribution >= 0.6 is 34.2 Å². The monoisotopic (exact) mass is 406 g/mol. The van der Waals surface area contributed by atoms with Crippen LogP contribution < -0.4 is 5.32 Å². The minimum absolute atomic E-state index is 0.152. The lowest BCUT2D eigenvalue weighted by atomic mass is 10.2. The first-order chi connectivity index (χ1) is 9.38. The van der Waals surface area contributed by atoms with Crippen molar-refractivity contribution in [3.63, 3.8) is 0 Å². The van der Waals surface area contributed by atoms with E-state index in [1.165, 1.54) is 22.9 Å². The number of non-ortho nitro benzene ring substituents is 1. The van der Waals surface area contributed by atoms with Crippen LogP contribution in [0.1, 0.15) is 10.5 Å². The van der Waals surface area contributed by atoms with Gasteiger partial charge in [0.1, 0.15) is 0 Å². The molecule has 0 unspecified atom stereocenters. The van der Waals surface area contributed by atoms with E-state index in [2.05, 4.69) is 10.4 Å². The topological polar surface area (TPSA) is 90.1 Å². The summed E-state index contributed by atoms with van der Waals surface area (Å²) in [5.74, 6) is -0.475. The van der Waals surface area contributed by atoms with Crippen LogP contribution in [-0.4, -0.2) is 20.6 Å². The van der Waals surface area contributed by atoms with Crippen LogP contribution in [0.3, 0.4) is 0 Å². The summed E-state index contributed by atoms with van der Waals surface area (Å²) in [6.07, 6.45) is 1.69. The van der Waals surface area contributed by atoms with Gasteiger partial charge >= 0.3 is 0 Å². The number of aromatic nitrogens is 2. The molecule has 7 nitrogen and oxygen atoms in total. The van der Waals surface area contributed by atoms with Gasteiger partial charge in [-0.2, -0.15) is 5.10 Å². The number of halogens is 2. The Labute approximate surface area is 132 Å². The molecule has 1 N–H and O–H groups in total. The van der Waals surface area contributed by atoms with Crippen molar-refractivity contribution in [1.82, 2.24) is 9.78 Å². The second kappa shape index (κ2) is 5.75. The third-order valence-corrected chi connectivity index (χ3v) is 3.53. The molecule has 1 aromatic heterocycles. The van der Waals surface area contributed by atoms with E-state index in [9.17, 15) is 14.9 Å². The van der Waals surface area contributed by atoms with E-state index in [-0.39, 0.29) is 22.1 Å². The predicted octanol–water partition coefficient (Wildman–Crippen LogP) is 2.84. The van der Waals surface area contributed by atoms with Gasteiger partial charge < -0.3 is 5.32 Å². The van der Waals surface area contributed by atoms with Crippen molar-refractivity contribution in [2.24, 2.45) is 7.05 Å². The molecule has 0 fully saturated rings. The third-order valence-electron chi connectivity index (χ3n) is 2.41. The average Bonchev–Trinajstić information content (AvgIpc) is 2.71. The summed E-state index contributed by atoms with van der Waals surface area (Å²) in [5, 5.41) is 17.5. The molecule has 1 aromatic carbocycles. The standard InChI is InChI=1S/C11H8ClIN4O3/c1-16-5-8(13)10(15-16)11(18)14-9-4-6(17(19)20)2-3-7(9)12/h2-5H,1H3,(H,14,18). The number of benzene rings is 1. The van der Waals surface area contributed by atoms with E-state index in [1.54, 1.807) is 13.2 Å². The van der Waals surface area contributed by atoms with Gasteiger partial charge in [0.05, 0.1) is 19.2 Å². The number of nitro benzene ring substituents is 1. The maximum absolute atomic E-state index is 12.1. The zero-order valence-corrected chi connectivity index (χ0v) is 13.0. The van der Waals surface area contributed by atoms with Gasteiger partial charge in [0, 0.05) is 25.4 Å². The molecular formula is C11H8ClIN4O3. The lowest BCUT2D eigenvalue weighted by Crippen LogP contribution is -2.14. The molecule has 2 rings (SSSR count). The number of amides is 1. The zero-order chi connectivity index (χ0) is 14.9. The second-order valence-corrected chi connectivity index (χ2v) is 5.44. The molecule has 0 aliphatic carbocycles. The number of aryl methyl sites for hydroxylation is 1. The lowest BCUT2D eigenvalue weighted by Gasteiger charge is -2.05. The Bertz CT molecular complexity index is 701. The van der Waals surface area contributed by atoms with Crippen LogP contribution in [0.2, 0.25) is 5.02 Å². The summed E-state index contributed by atoms with van der Waals surface area (Å²) in [5.41, 5.74) is 0.253. The van der Waals surface area contributed by atoms with Crippen molar-refractivity contribution < 1.29 is 9.72 Å². The molecular weight excluding hydrogens is 399 g/mol. The Morgan fingerprint density at radius 1 is 1.55 bits per heavy atom. The van der Waals surface area contributed by atoms with Crippen molar-refractivity contribution in [3.05, 3.63) is 48.8 Å². The SMILES string of the molecule is Cn1cc(I)c(C(=O)Nc2cc([N+](=O)[O-])ccc2Cl)n1. The van der Waals surface area contributed by atoms with Gasteiger partial charge in [-0.1, -0.05) is 11.6 Å². The molecule has 20 heavy (non-hydrogen) atoms. The molecule has 0 spiro atoms. The predicted molar refractivity (Wildman–Crippen MR) is 82.0 cm³/mol. The second-order valence-electron chi connectivity index (χ2n) is 3.87. The maximum atomic E-state index is 12.1. The van der Waals surface area contributed by atoms with Crippen molar-refractivity contribution in [1.29, 1.82) is 0 Å². The smallest absolute Gasteiger partial charge is 0.277 e. The van der Waals surface area contributed by atoms with Crippen LogP contribution in [0.15, 0.2) is 24.4 Å². The number of anilines is 1. The zero-order valence-electron chi connectivity index (χ0n) is 10.1. The first-order valence-corrected chi connectivity index (χ1v) is 6.78. The van der Waals surface area contributed by atoms with E-state index in [0.29, 0.717) is 3.57 Å². The summed E-state index contributed by atoms with van der Waals surface area (Å²) < 4.78 is 2.18. The highest BCUT2D eigenvalue weighted by Gasteiger charge is 2.17. The average molecular weight is 407 g/mol. The van der Waals surface area contributed by atoms with Crippen molar-refractivity contribution in [3.8, 4) is 0 Å². The van der Waals surface area contributed by atoms with E-state index >= 15 is 0 Å². The highest BCUT2D eigenvalue weighted by Crippen LogP contribution is 2.27. The molecule has 1 amide bonds. The number of nitrogens with zero attached hydrogens (tertiary/aromatic N) is 3. The first-order valence-electron chi connectivity index (χ1n) is 5.33. The summed E-state index contributed by atoms with van der Waals surface area (Å²) in [7, 11) is 1.69. The Balaban J connectivity index is 2.30. The fourth-order valence-corrected chi connectivity index (χ4v) is 2.44. The number of nitrogens with one attached hydrogen (secondary N) is 1. The van der Waals surface area contributed by atoms with E-state index < -0.39 is 10.8 Å². The highest BCUT2D eigenvalue weighted by molar-refractivity contribution is 14.1. The summed E-state index contributed by atoms with van der Waals surface area (Å²) >= 11 is 7.89. The van der Waals surface area contributed by atoms with Gasteiger partial charge in [-0.3, -0.25) is 19.6 Å². The van der Waals surface area contributed by atoms with Gasteiger partial charge in [-0.15, -0.1) is 0 Å². The number of rotatable bonds is 3. The van der Waals surface area contributed by atoms with Crippen LogP contribution in [0.5, 0.6) is 0 Å². The Morgan fingerprint density at radius 3 is 2.80 bits per heavy atom. The molecule has 0 aliphatic heterocycles. The fourth-order valence-electron chi connectivity index (χ4n) is 1.52. The van der Waals surface area contributed by atoms with Crippen LogP contribution in [0.25, 0.3) is 0 Å².